The highest BCUT2D eigenvalue weighted by Gasteiger charge is 2.22. The fraction of sp³-hybridized carbons (Fsp3) is 0.294. The second kappa shape index (κ2) is 7.47. The van der Waals surface area contributed by atoms with Gasteiger partial charge in [0.2, 0.25) is 10.0 Å². The van der Waals surface area contributed by atoms with E-state index in [4.69, 9.17) is 4.74 Å². The molecule has 0 fully saturated rings. The molecule has 4 nitrogen and oxygen atoms in total. The van der Waals surface area contributed by atoms with Gasteiger partial charge in [0.05, 0.1) is 7.11 Å². The number of ether oxygens (including phenoxy) is 1. The summed E-state index contributed by atoms with van der Waals surface area (Å²) in [7, 11) is -2.24. The van der Waals surface area contributed by atoms with Crippen LogP contribution >= 0.6 is 15.9 Å². The van der Waals surface area contributed by atoms with Crippen molar-refractivity contribution in [1.29, 1.82) is 0 Å². The Balaban J connectivity index is 2.28. The first-order chi connectivity index (χ1) is 10.9. The minimum absolute atomic E-state index is 0.117. The lowest BCUT2D eigenvalue weighted by atomic mass is 10.1. The van der Waals surface area contributed by atoms with E-state index in [1.807, 2.05) is 31.2 Å². The predicted octanol–water partition coefficient (Wildman–Crippen LogP) is 4.06. The Hall–Kier alpha value is -1.37. The van der Waals surface area contributed by atoms with Crippen LogP contribution in [0.5, 0.6) is 5.75 Å². The highest BCUT2D eigenvalue weighted by molar-refractivity contribution is 9.10. The summed E-state index contributed by atoms with van der Waals surface area (Å²) in [5, 5.41) is 0. The smallest absolute Gasteiger partial charge is 0.244 e. The molecular formula is C17H20BrNO3S. The van der Waals surface area contributed by atoms with E-state index < -0.39 is 10.0 Å². The molecule has 2 aromatic carbocycles. The number of halogens is 1. The molecule has 0 saturated carbocycles. The van der Waals surface area contributed by atoms with Crippen molar-refractivity contribution in [2.75, 3.05) is 7.11 Å². The zero-order valence-corrected chi connectivity index (χ0v) is 15.7. The summed E-state index contributed by atoms with van der Waals surface area (Å²) in [6, 6.07) is 12.5. The zero-order chi connectivity index (χ0) is 17.0. The highest BCUT2D eigenvalue weighted by atomic mass is 79.9. The van der Waals surface area contributed by atoms with Gasteiger partial charge in [-0.1, -0.05) is 47.1 Å². The number of hydrogen-bond donors (Lipinski definition) is 1. The van der Waals surface area contributed by atoms with Crippen molar-refractivity contribution in [2.45, 2.75) is 31.2 Å². The van der Waals surface area contributed by atoms with E-state index in [1.165, 1.54) is 18.7 Å². The van der Waals surface area contributed by atoms with Crippen molar-refractivity contribution in [3.8, 4) is 5.75 Å². The van der Waals surface area contributed by atoms with Gasteiger partial charge in [-0.3, -0.25) is 0 Å². The van der Waals surface area contributed by atoms with Crippen molar-refractivity contribution in [2.24, 2.45) is 0 Å². The Bertz CT molecular complexity index is 773. The largest absolute Gasteiger partial charge is 0.495 e. The van der Waals surface area contributed by atoms with E-state index in [1.54, 1.807) is 12.1 Å². The normalized spacial score (nSPS) is 12.9. The standard InChI is InChI=1S/C17H20BrNO3S/c1-4-13-5-7-14(8-6-13)12(2)19-23(20,21)17-11-15(18)9-10-16(17)22-3/h5-12,19H,4H2,1-3H3/t12-/m0/s1. The summed E-state index contributed by atoms with van der Waals surface area (Å²) >= 11 is 3.30. The van der Waals surface area contributed by atoms with Crippen LogP contribution in [0.25, 0.3) is 0 Å². The lowest BCUT2D eigenvalue weighted by Gasteiger charge is -2.17. The molecule has 0 aromatic heterocycles. The first-order valence-corrected chi connectivity index (χ1v) is 9.59. The minimum atomic E-state index is -3.69. The molecule has 1 N–H and O–H groups in total. The SMILES string of the molecule is CCc1ccc([C@H](C)NS(=O)(=O)c2cc(Br)ccc2OC)cc1. The van der Waals surface area contributed by atoms with Crippen molar-refractivity contribution in [1.82, 2.24) is 4.72 Å². The average Bonchev–Trinajstić information content (AvgIpc) is 2.54. The van der Waals surface area contributed by atoms with Crippen LogP contribution < -0.4 is 9.46 Å². The summed E-state index contributed by atoms with van der Waals surface area (Å²) in [6.07, 6.45) is 0.954. The molecule has 2 rings (SSSR count). The lowest BCUT2D eigenvalue weighted by Crippen LogP contribution is -2.27. The van der Waals surface area contributed by atoms with Gasteiger partial charge in [-0.15, -0.1) is 0 Å². The fourth-order valence-electron chi connectivity index (χ4n) is 2.27. The molecule has 23 heavy (non-hydrogen) atoms. The number of rotatable bonds is 6. The number of benzene rings is 2. The van der Waals surface area contributed by atoms with Crippen LogP contribution in [0, 0.1) is 0 Å². The number of hydrogen-bond acceptors (Lipinski definition) is 3. The third-order valence-corrected chi connectivity index (χ3v) is 5.69. The quantitative estimate of drug-likeness (QED) is 0.799. The molecule has 6 heteroatoms. The van der Waals surface area contributed by atoms with Crippen molar-refractivity contribution in [3.63, 3.8) is 0 Å². The van der Waals surface area contributed by atoms with Gasteiger partial charge in [-0.2, -0.15) is 0 Å². The molecule has 124 valence electrons. The van der Waals surface area contributed by atoms with Gasteiger partial charge in [0.25, 0.3) is 0 Å². The Morgan fingerprint density at radius 3 is 2.39 bits per heavy atom. The molecule has 0 spiro atoms. The van der Waals surface area contributed by atoms with Gasteiger partial charge >= 0.3 is 0 Å². The number of methoxy groups -OCH3 is 1. The van der Waals surface area contributed by atoms with Crippen LogP contribution in [-0.2, 0) is 16.4 Å². The molecule has 0 saturated heterocycles. The van der Waals surface area contributed by atoms with Crippen molar-refractivity contribution < 1.29 is 13.2 Å². The Kier molecular flexibility index (Phi) is 5.84. The number of nitrogens with one attached hydrogen (secondary N) is 1. The molecule has 0 unspecified atom stereocenters. The van der Waals surface area contributed by atoms with Gasteiger partial charge in [0.15, 0.2) is 0 Å². The van der Waals surface area contributed by atoms with Crippen LogP contribution in [0.2, 0.25) is 0 Å². The van der Waals surface area contributed by atoms with Crippen LogP contribution in [0.4, 0.5) is 0 Å². The summed E-state index contributed by atoms with van der Waals surface area (Å²) in [5.41, 5.74) is 2.14. The molecule has 0 aliphatic carbocycles. The molecule has 2 aromatic rings. The Morgan fingerprint density at radius 1 is 1.17 bits per heavy atom. The van der Waals surface area contributed by atoms with Gasteiger partial charge in [0.1, 0.15) is 10.6 Å². The number of aryl methyl sites for hydroxylation is 1. The van der Waals surface area contributed by atoms with Crippen molar-refractivity contribution >= 4 is 26.0 Å². The molecule has 1 atom stereocenters. The van der Waals surface area contributed by atoms with Crippen molar-refractivity contribution in [3.05, 3.63) is 58.1 Å². The van der Waals surface area contributed by atoms with Gasteiger partial charge < -0.3 is 4.74 Å². The van der Waals surface area contributed by atoms with Crippen LogP contribution in [0.3, 0.4) is 0 Å². The summed E-state index contributed by atoms with van der Waals surface area (Å²) in [4.78, 5) is 0.117. The lowest BCUT2D eigenvalue weighted by molar-refractivity contribution is 0.402. The van der Waals surface area contributed by atoms with Crippen LogP contribution in [0.1, 0.15) is 31.0 Å². The van der Waals surface area contributed by atoms with E-state index in [9.17, 15) is 8.42 Å². The first kappa shape index (κ1) is 18.0. The highest BCUT2D eigenvalue weighted by Crippen LogP contribution is 2.28. The minimum Gasteiger partial charge on any atom is -0.495 e. The van der Waals surface area contributed by atoms with Gasteiger partial charge in [-0.25, -0.2) is 13.1 Å². The van der Waals surface area contributed by atoms with E-state index in [0.29, 0.717) is 10.2 Å². The molecule has 0 radical (unpaired) electrons. The van der Waals surface area contributed by atoms with Gasteiger partial charge in [-0.05, 0) is 42.7 Å². The predicted molar refractivity (Wildman–Crippen MR) is 95.3 cm³/mol. The summed E-state index contributed by atoms with van der Waals surface area (Å²) in [5.74, 6) is 0.314. The van der Waals surface area contributed by atoms with Gasteiger partial charge in [0, 0.05) is 10.5 Å². The molecule has 0 aliphatic rings. The maximum atomic E-state index is 12.7. The topological polar surface area (TPSA) is 55.4 Å². The summed E-state index contributed by atoms with van der Waals surface area (Å²) < 4.78 is 33.9. The van der Waals surface area contributed by atoms with E-state index in [-0.39, 0.29) is 10.9 Å². The Labute approximate surface area is 146 Å². The molecule has 0 bridgehead atoms. The Morgan fingerprint density at radius 2 is 1.83 bits per heavy atom. The maximum absolute atomic E-state index is 12.7. The first-order valence-electron chi connectivity index (χ1n) is 7.32. The second-order valence-electron chi connectivity index (χ2n) is 5.23. The molecule has 0 amide bonds. The zero-order valence-electron chi connectivity index (χ0n) is 13.3. The molecular weight excluding hydrogens is 378 g/mol. The van der Waals surface area contributed by atoms with E-state index in [0.717, 1.165) is 12.0 Å². The third kappa shape index (κ3) is 4.34. The van der Waals surface area contributed by atoms with Crippen LogP contribution in [0.15, 0.2) is 51.8 Å². The average molecular weight is 398 g/mol. The van der Waals surface area contributed by atoms with Crippen LogP contribution in [-0.4, -0.2) is 15.5 Å². The second-order valence-corrected chi connectivity index (χ2v) is 7.83. The van der Waals surface area contributed by atoms with E-state index in [2.05, 4.69) is 27.6 Å². The van der Waals surface area contributed by atoms with E-state index >= 15 is 0 Å². The monoisotopic (exact) mass is 397 g/mol. The third-order valence-electron chi connectivity index (χ3n) is 3.64. The maximum Gasteiger partial charge on any atom is 0.244 e. The molecule has 0 aliphatic heterocycles. The fourth-order valence-corrected chi connectivity index (χ4v) is 4.21. The molecule has 0 heterocycles. The summed E-state index contributed by atoms with van der Waals surface area (Å²) in [6.45, 7) is 3.91. The number of sulfonamides is 1.